The summed E-state index contributed by atoms with van der Waals surface area (Å²) in [7, 11) is 0. The van der Waals surface area contributed by atoms with E-state index in [-0.39, 0.29) is 11.7 Å². The number of halogens is 1. The Balaban J connectivity index is 3.01. The molecule has 0 aliphatic rings. The van der Waals surface area contributed by atoms with Gasteiger partial charge in [0.25, 0.3) is 5.91 Å². The molecule has 0 aromatic heterocycles. The largest absolute Gasteiger partial charge is 0.335 e. The summed E-state index contributed by atoms with van der Waals surface area (Å²) in [5.74, 6) is -0.530. The first-order valence-electron chi connectivity index (χ1n) is 5.65. The van der Waals surface area contributed by atoms with Gasteiger partial charge in [0.15, 0.2) is 0 Å². The van der Waals surface area contributed by atoms with Crippen LogP contribution in [0.5, 0.6) is 0 Å². The van der Waals surface area contributed by atoms with Gasteiger partial charge in [-0.2, -0.15) is 0 Å². The number of carbonyl (C=O) groups excluding carboxylic acids is 1. The van der Waals surface area contributed by atoms with Crippen LogP contribution in [0.3, 0.4) is 0 Å². The third-order valence-electron chi connectivity index (χ3n) is 2.56. The van der Waals surface area contributed by atoms with Crippen molar-refractivity contribution in [1.29, 1.82) is 0 Å². The molecule has 0 bridgehead atoms. The van der Waals surface area contributed by atoms with Crippen LogP contribution in [0.1, 0.15) is 29.8 Å². The van der Waals surface area contributed by atoms with E-state index >= 15 is 0 Å². The summed E-state index contributed by atoms with van der Waals surface area (Å²) < 4.78 is 13.1. The van der Waals surface area contributed by atoms with Crippen molar-refractivity contribution in [3.8, 4) is 0 Å². The molecule has 0 atom stereocenters. The van der Waals surface area contributed by atoms with Crippen LogP contribution in [0.4, 0.5) is 4.39 Å². The molecule has 0 heterocycles. The molecular formula is C14H18FNO. The number of benzene rings is 1. The second kappa shape index (κ2) is 5.62. The van der Waals surface area contributed by atoms with E-state index in [0.717, 1.165) is 11.1 Å². The summed E-state index contributed by atoms with van der Waals surface area (Å²) in [4.78, 5) is 13.9. The van der Waals surface area contributed by atoms with Crippen LogP contribution in [0.2, 0.25) is 0 Å². The summed E-state index contributed by atoms with van der Waals surface area (Å²) in [5, 5.41) is 0. The lowest BCUT2D eigenvalue weighted by atomic mass is 10.1. The Morgan fingerprint density at radius 1 is 1.47 bits per heavy atom. The Bertz CT molecular complexity index is 440. The van der Waals surface area contributed by atoms with Gasteiger partial charge in [-0.15, -0.1) is 0 Å². The molecular weight excluding hydrogens is 217 g/mol. The maximum atomic E-state index is 13.1. The van der Waals surface area contributed by atoms with Gasteiger partial charge in [-0.3, -0.25) is 4.79 Å². The number of carbonyl (C=O) groups is 1. The summed E-state index contributed by atoms with van der Waals surface area (Å²) in [5.41, 5.74) is 2.12. The first kappa shape index (κ1) is 13.4. The molecule has 3 heteroatoms. The Morgan fingerprint density at radius 3 is 2.65 bits per heavy atom. The van der Waals surface area contributed by atoms with Crippen molar-refractivity contribution in [2.75, 3.05) is 13.1 Å². The predicted octanol–water partition coefficient (Wildman–Crippen LogP) is 3.17. The van der Waals surface area contributed by atoms with Gasteiger partial charge in [0.1, 0.15) is 5.82 Å². The predicted molar refractivity (Wildman–Crippen MR) is 67.5 cm³/mol. The first-order chi connectivity index (χ1) is 7.95. The topological polar surface area (TPSA) is 20.3 Å². The standard InChI is InChI=1S/C14H18FNO/c1-5-16(9-10(2)3)14(17)13-8-12(15)7-6-11(13)4/h6-8H,2,5,9H2,1,3-4H3. The Hall–Kier alpha value is -1.64. The van der Waals surface area contributed by atoms with Crippen LogP contribution in [0, 0.1) is 12.7 Å². The zero-order valence-electron chi connectivity index (χ0n) is 10.6. The van der Waals surface area contributed by atoms with Crippen molar-refractivity contribution in [1.82, 2.24) is 4.90 Å². The maximum Gasteiger partial charge on any atom is 0.254 e. The van der Waals surface area contributed by atoms with E-state index in [2.05, 4.69) is 6.58 Å². The normalized spacial score (nSPS) is 10.1. The van der Waals surface area contributed by atoms with Gasteiger partial charge in [0, 0.05) is 18.7 Å². The second-order valence-corrected chi connectivity index (χ2v) is 4.24. The molecule has 1 aromatic rings. The summed E-state index contributed by atoms with van der Waals surface area (Å²) in [6.07, 6.45) is 0. The molecule has 17 heavy (non-hydrogen) atoms. The van der Waals surface area contributed by atoms with Crippen molar-refractivity contribution in [3.05, 3.63) is 47.3 Å². The van der Waals surface area contributed by atoms with Gasteiger partial charge in [-0.1, -0.05) is 18.2 Å². The van der Waals surface area contributed by atoms with E-state index in [1.54, 1.807) is 17.9 Å². The minimum absolute atomic E-state index is 0.146. The molecule has 0 unspecified atom stereocenters. The number of amides is 1. The number of nitrogens with zero attached hydrogens (tertiary/aromatic N) is 1. The third kappa shape index (κ3) is 3.41. The fourth-order valence-corrected chi connectivity index (χ4v) is 1.65. The van der Waals surface area contributed by atoms with Crippen LogP contribution in [-0.4, -0.2) is 23.9 Å². The summed E-state index contributed by atoms with van der Waals surface area (Å²) >= 11 is 0. The summed E-state index contributed by atoms with van der Waals surface area (Å²) in [6.45, 7) is 10.5. The van der Waals surface area contributed by atoms with Gasteiger partial charge in [-0.25, -0.2) is 4.39 Å². The van der Waals surface area contributed by atoms with Gasteiger partial charge in [0.2, 0.25) is 0 Å². The van der Waals surface area contributed by atoms with Gasteiger partial charge in [-0.05, 0) is 38.5 Å². The fourth-order valence-electron chi connectivity index (χ4n) is 1.65. The van der Waals surface area contributed by atoms with Crippen molar-refractivity contribution in [3.63, 3.8) is 0 Å². The highest BCUT2D eigenvalue weighted by atomic mass is 19.1. The van der Waals surface area contributed by atoms with E-state index in [1.807, 2.05) is 13.8 Å². The van der Waals surface area contributed by atoms with Gasteiger partial charge in [0.05, 0.1) is 0 Å². The number of aryl methyl sites for hydroxylation is 1. The average Bonchev–Trinajstić information content (AvgIpc) is 2.28. The average molecular weight is 235 g/mol. The lowest BCUT2D eigenvalue weighted by molar-refractivity contribution is 0.0777. The Kier molecular flexibility index (Phi) is 4.44. The van der Waals surface area contributed by atoms with Crippen molar-refractivity contribution in [2.24, 2.45) is 0 Å². The quantitative estimate of drug-likeness (QED) is 0.734. The smallest absolute Gasteiger partial charge is 0.254 e. The van der Waals surface area contributed by atoms with Crippen molar-refractivity contribution in [2.45, 2.75) is 20.8 Å². The monoisotopic (exact) mass is 235 g/mol. The van der Waals surface area contributed by atoms with Crippen LogP contribution in [-0.2, 0) is 0 Å². The van der Waals surface area contributed by atoms with Crippen LogP contribution >= 0.6 is 0 Å². The van der Waals surface area contributed by atoms with E-state index in [0.29, 0.717) is 18.7 Å². The summed E-state index contributed by atoms with van der Waals surface area (Å²) in [6, 6.07) is 4.27. The number of hydrogen-bond acceptors (Lipinski definition) is 1. The highest BCUT2D eigenvalue weighted by Crippen LogP contribution is 2.13. The molecule has 0 aliphatic heterocycles. The zero-order valence-corrected chi connectivity index (χ0v) is 10.6. The molecule has 92 valence electrons. The molecule has 1 aromatic carbocycles. The lowest BCUT2D eigenvalue weighted by Crippen LogP contribution is -2.32. The molecule has 0 fully saturated rings. The van der Waals surface area contributed by atoms with Gasteiger partial charge >= 0.3 is 0 Å². The van der Waals surface area contributed by atoms with E-state index in [4.69, 9.17) is 0 Å². The SMILES string of the molecule is C=C(C)CN(CC)C(=O)c1cc(F)ccc1C. The number of likely N-dealkylation sites (N-methyl/N-ethyl adjacent to an activating group) is 1. The minimum atomic E-state index is -0.384. The molecule has 2 nitrogen and oxygen atoms in total. The second-order valence-electron chi connectivity index (χ2n) is 4.24. The van der Waals surface area contributed by atoms with E-state index in [9.17, 15) is 9.18 Å². The van der Waals surface area contributed by atoms with Crippen LogP contribution < -0.4 is 0 Å². The molecule has 0 saturated carbocycles. The minimum Gasteiger partial charge on any atom is -0.335 e. The van der Waals surface area contributed by atoms with E-state index in [1.165, 1.54) is 12.1 Å². The Labute approximate surface area is 102 Å². The molecule has 1 amide bonds. The molecule has 0 N–H and O–H groups in total. The fraction of sp³-hybridized carbons (Fsp3) is 0.357. The maximum absolute atomic E-state index is 13.1. The first-order valence-corrected chi connectivity index (χ1v) is 5.65. The highest BCUT2D eigenvalue weighted by molar-refractivity contribution is 5.95. The molecule has 0 spiro atoms. The molecule has 0 saturated heterocycles. The molecule has 1 rings (SSSR count). The highest BCUT2D eigenvalue weighted by Gasteiger charge is 2.16. The lowest BCUT2D eigenvalue weighted by Gasteiger charge is -2.21. The number of hydrogen-bond donors (Lipinski definition) is 0. The molecule has 0 aliphatic carbocycles. The zero-order chi connectivity index (χ0) is 13.0. The van der Waals surface area contributed by atoms with Crippen molar-refractivity contribution < 1.29 is 9.18 Å². The van der Waals surface area contributed by atoms with E-state index < -0.39 is 0 Å². The Morgan fingerprint density at radius 2 is 2.12 bits per heavy atom. The third-order valence-corrected chi connectivity index (χ3v) is 2.56. The van der Waals surface area contributed by atoms with Crippen LogP contribution in [0.15, 0.2) is 30.4 Å². The van der Waals surface area contributed by atoms with Crippen molar-refractivity contribution >= 4 is 5.91 Å². The molecule has 0 radical (unpaired) electrons. The van der Waals surface area contributed by atoms with Gasteiger partial charge < -0.3 is 4.90 Å². The number of rotatable bonds is 4. The van der Waals surface area contributed by atoms with Crippen LogP contribution in [0.25, 0.3) is 0 Å².